The summed E-state index contributed by atoms with van der Waals surface area (Å²) < 4.78 is 43.9. The summed E-state index contributed by atoms with van der Waals surface area (Å²) >= 11 is 0. The summed E-state index contributed by atoms with van der Waals surface area (Å²) in [6.07, 6.45) is -0.0626. The average molecular weight is 332 g/mol. The van der Waals surface area contributed by atoms with Gasteiger partial charge < -0.3 is 28.0 Å². The fourth-order valence-corrected chi connectivity index (χ4v) is 6.24. The largest absolute Gasteiger partial charge is 0.374 e. The zero-order valence-electron chi connectivity index (χ0n) is 12.3. The molecule has 0 aromatic rings. The minimum Gasteiger partial charge on any atom is -0.368 e. The van der Waals surface area contributed by atoms with E-state index in [2.05, 4.69) is 0 Å². The lowest BCUT2D eigenvalue weighted by Gasteiger charge is -2.36. The highest BCUT2D eigenvalue weighted by atomic mass is 31.2. The fourth-order valence-electron chi connectivity index (χ4n) is 1.73. The summed E-state index contributed by atoms with van der Waals surface area (Å²) in [7, 11) is -4.17. The SMILES string of the molecule is COP(=O)(OC)C(O)(CCCC(C)=O)P(=O)(OC)OC. The smallest absolute Gasteiger partial charge is 0.368 e. The summed E-state index contributed by atoms with van der Waals surface area (Å²) in [4.78, 5) is 11.0. The lowest BCUT2D eigenvalue weighted by Crippen LogP contribution is -2.31. The zero-order valence-corrected chi connectivity index (χ0v) is 14.1. The first-order chi connectivity index (χ1) is 9.16. The van der Waals surface area contributed by atoms with Crippen LogP contribution in [0.15, 0.2) is 0 Å². The number of rotatable bonds is 10. The lowest BCUT2D eigenvalue weighted by atomic mass is 10.2. The predicted octanol–water partition coefficient (Wildman–Crippen LogP) is 2.36. The van der Waals surface area contributed by atoms with Crippen LogP contribution < -0.4 is 0 Å². The maximum atomic E-state index is 12.5. The molecule has 0 atom stereocenters. The fraction of sp³-hybridized carbons (Fsp3) is 0.900. The van der Waals surface area contributed by atoms with Crippen molar-refractivity contribution in [2.75, 3.05) is 28.4 Å². The summed E-state index contributed by atoms with van der Waals surface area (Å²) in [5, 5.41) is 8.14. The van der Waals surface area contributed by atoms with Crippen molar-refractivity contribution in [2.24, 2.45) is 0 Å². The lowest BCUT2D eigenvalue weighted by molar-refractivity contribution is -0.117. The molecule has 0 aliphatic carbocycles. The molecule has 0 bridgehead atoms. The van der Waals surface area contributed by atoms with Crippen LogP contribution in [0.3, 0.4) is 0 Å². The topological polar surface area (TPSA) is 108 Å². The first-order valence-corrected chi connectivity index (χ1v) is 8.90. The Kier molecular flexibility index (Phi) is 7.77. The van der Waals surface area contributed by atoms with Gasteiger partial charge in [-0.3, -0.25) is 9.13 Å². The second kappa shape index (κ2) is 7.80. The molecule has 0 aromatic carbocycles. The molecular formula is C10H22O8P2. The van der Waals surface area contributed by atoms with Crippen LogP contribution in [0.4, 0.5) is 0 Å². The first-order valence-electron chi connectivity index (χ1n) is 5.81. The van der Waals surface area contributed by atoms with Crippen LogP contribution in [0, 0.1) is 0 Å². The van der Waals surface area contributed by atoms with Crippen molar-refractivity contribution >= 4 is 21.0 Å². The van der Waals surface area contributed by atoms with Gasteiger partial charge in [0.1, 0.15) is 5.78 Å². The summed E-state index contributed by atoms with van der Waals surface area (Å²) in [5.74, 6) is -0.123. The van der Waals surface area contributed by atoms with Gasteiger partial charge in [0.2, 0.25) is 0 Å². The van der Waals surface area contributed by atoms with Gasteiger partial charge in [-0.2, -0.15) is 0 Å². The van der Waals surface area contributed by atoms with Crippen LogP contribution in [0.2, 0.25) is 0 Å². The third-order valence-electron chi connectivity index (χ3n) is 2.88. The van der Waals surface area contributed by atoms with E-state index in [-0.39, 0.29) is 25.0 Å². The second-order valence-electron chi connectivity index (χ2n) is 4.06. The van der Waals surface area contributed by atoms with Crippen molar-refractivity contribution < 1.29 is 37.1 Å². The first kappa shape index (κ1) is 19.9. The van der Waals surface area contributed by atoms with Crippen molar-refractivity contribution in [3.8, 4) is 0 Å². The van der Waals surface area contributed by atoms with Gasteiger partial charge >= 0.3 is 15.2 Å². The summed E-state index contributed by atoms with van der Waals surface area (Å²) in [6.45, 7) is 1.37. The molecule has 0 aromatic heterocycles. The highest BCUT2D eigenvalue weighted by Crippen LogP contribution is 2.77. The van der Waals surface area contributed by atoms with Gasteiger partial charge in [-0.1, -0.05) is 0 Å². The molecule has 0 saturated heterocycles. The molecule has 0 heterocycles. The number of Topliss-reactive ketones (excluding diaryl/α,β-unsaturated/α-hetero) is 1. The zero-order chi connectivity index (χ0) is 16.0. The number of hydrogen-bond donors (Lipinski definition) is 1. The van der Waals surface area contributed by atoms with Gasteiger partial charge in [-0.25, -0.2) is 0 Å². The molecule has 1 N–H and O–H groups in total. The van der Waals surface area contributed by atoms with E-state index in [1.807, 2.05) is 0 Å². The van der Waals surface area contributed by atoms with Crippen molar-refractivity contribution in [3.63, 3.8) is 0 Å². The van der Waals surface area contributed by atoms with Crippen molar-refractivity contribution in [1.82, 2.24) is 0 Å². The summed E-state index contributed by atoms with van der Waals surface area (Å²) in [6, 6.07) is 0. The molecule has 8 nitrogen and oxygen atoms in total. The Labute approximate surface area is 118 Å². The standard InChI is InChI=1S/C10H22O8P2/c1-9(11)7-6-8-10(12,19(13,15-2)16-3)20(14,17-4)18-5/h12H,6-8H2,1-5H3. The van der Waals surface area contributed by atoms with E-state index in [0.717, 1.165) is 28.4 Å². The van der Waals surface area contributed by atoms with Gasteiger partial charge in [-0.05, 0) is 13.3 Å². The highest BCUT2D eigenvalue weighted by molar-refractivity contribution is 7.73. The van der Waals surface area contributed by atoms with Crippen LogP contribution in [-0.4, -0.2) is 44.4 Å². The Morgan fingerprint density at radius 1 is 1.00 bits per heavy atom. The van der Waals surface area contributed by atoms with Gasteiger partial charge in [0.25, 0.3) is 5.08 Å². The van der Waals surface area contributed by atoms with Crippen LogP contribution >= 0.6 is 15.2 Å². The van der Waals surface area contributed by atoms with E-state index in [9.17, 15) is 19.0 Å². The molecule has 0 rings (SSSR count). The van der Waals surface area contributed by atoms with Gasteiger partial charge in [0.05, 0.1) is 0 Å². The molecule has 0 amide bonds. The Morgan fingerprint density at radius 3 is 1.60 bits per heavy atom. The normalized spacial score (nSPS) is 13.5. The van der Waals surface area contributed by atoms with Crippen LogP contribution in [0.25, 0.3) is 0 Å². The van der Waals surface area contributed by atoms with E-state index in [1.165, 1.54) is 6.92 Å². The van der Waals surface area contributed by atoms with E-state index in [1.54, 1.807) is 0 Å². The van der Waals surface area contributed by atoms with Crippen LogP contribution in [0.5, 0.6) is 0 Å². The Bertz CT molecular complexity index is 379. The Morgan fingerprint density at radius 2 is 1.35 bits per heavy atom. The highest BCUT2D eigenvalue weighted by Gasteiger charge is 2.63. The molecule has 120 valence electrons. The minimum atomic E-state index is -4.19. The van der Waals surface area contributed by atoms with Crippen LogP contribution in [-0.2, 0) is 32.0 Å². The number of carbonyl (C=O) groups is 1. The number of carbonyl (C=O) groups excluding carboxylic acids is 1. The molecule has 20 heavy (non-hydrogen) atoms. The molecule has 0 fully saturated rings. The molecule has 0 aliphatic rings. The minimum absolute atomic E-state index is 0.114. The quantitative estimate of drug-likeness (QED) is 0.607. The summed E-state index contributed by atoms with van der Waals surface area (Å²) in [5.41, 5.74) is 0. The molecule has 0 aliphatic heterocycles. The number of ketones is 1. The predicted molar refractivity (Wildman–Crippen MR) is 72.7 cm³/mol. The maximum Gasteiger partial charge on any atom is 0.374 e. The average Bonchev–Trinajstić information content (AvgIpc) is 2.44. The van der Waals surface area contributed by atoms with Gasteiger partial charge in [0, 0.05) is 41.3 Å². The van der Waals surface area contributed by atoms with E-state index < -0.39 is 20.3 Å². The van der Waals surface area contributed by atoms with Gasteiger partial charge in [0.15, 0.2) is 0 Å². The molecule has 0 saturated carbocycles. The molecule has 0 spiro atoms. The Hall–Kier alpha value is -0.0700. The third-order valence-corrected chi connectivity index (χ3v) is 8.47. The second-order valence-corrected chi connectivity index (χ2v) is 9.34. The van der Waals surface area contributed by atoms with E-state index >= 15 is 0 Å². The van der Waals surface area contributed by atoms with E-state index in [4.69, 9.17) is 18.1 Å². The molecule has 0 radical (unpaired) electrons. The number of hydrogen-bond acceptors (Lipinski definition) is 8. The van der Waals surface area contributed by atoms with Gasteiger partial charge in [-0.15, -0.1) is 0 Å². The number of aliphatic hydroxyl groups is 1. The van der Waals surface area contributed by atoms with E-state index in [0.29, 0.717) is 0 Å². The van der Waals surface area contributed by atoms with Crippen molar-refractivity contribution in [2.45, 2.75) is 31.3 Å². The maximum absolute atomic E-state index is 12.5. The Balaban J connectivity index is 5.61. The molecular weight excluding hydrogens is 310 g/mol. The third kappa shape index (κ3) is 3.77. The molecule has 0 unspecified atom stereocenters. The molecule has 10 heteroatoms. The van der Waals surface area contributed by atoms with Crippen LogP contribution in [0.1, 0.15) is 26.2 Å². The van der Waals surface area contributed by atoms with Crippen molar-refractivity contribution in [1.29, 1.82) is 0 Å². The van der Waals surface area contributed by atoms with Crippen molar-refractivity contribution in [3.05, 3.63) is 0 Å². The monoisotopic (exact) mass is 332 g/mol.